The van der Waals surface area contributed by atoms with E-state index in [4.69, 9.17) is 0 Å². The Labute approximate surface area is 117 Å². The molecule has 2 aromatic rings. The normalized spacial score (nSPS) is 12.5. The van der Waals surface area contributed by atoms with E-state index in [2.05, 4.69) is 20.7 Å². The molecule has 0 radical (unpaired) electrons. The molecular formula is C14H11BrF2O2. The SMILES string of the molecule is OC(c1cccc(Br)c1)c1cccc(OC(F)F)c1. The molecule has 0 bridgehead atoms. The minimum absolute atomic E-state index is 0.0292. The standard InChI is InChI=1S/C14H11BrF2O2/c15-11-5-1-3-9(7-11)13(18)10-4-2-6-12(8-10)19-14(16)17/h1-8,13-14,18H. The Kier molecular flexibility index (Phi) is 4.50. The van der Waals surface area contributed by atoms with Crippen LogP contribution in [0.2, 0.25) is 0 Å². The molecule has 0 fully saturated rings. The van der Waals surface area contributed by atoms with Crippen molar-refractivity contribution in [1.82, 2.24) is 0 Å². The summed E-state index contributed by atoms with van der Waals surface area (Å²) in [6.45, 7) is -2.88. The minimum Gasteiger partial charge on any atom is -0.435 e. The number of aliphatic hydroxyl groups is 1. The molecule has 2 nitrogen and oxygen atoms in total. The molecule has 0 amide bonds. The van der Waals surface area contributed by atoms with Gasteiger partial charge in [-0.15, -0.1) is 0 Å². The number of aliphatic hydroxyl groups excluding tert-OH is 1. The summed E-state index contributed by atoms with van der Waals surface area (Å²) >= 11 is 3.32. The van der Waals surface area contributed by atoms with E-state index in [1.807, 2.05) is 6.07 Å². The van der Waals surface area contributed by atoms with Crippen LogP contribution in [0.1, 0.15) is 17.2 Å². The zero-order valence-corrected chi connectivity index (χ0v) is 11.3. The van der Waals surface area contributed by atoms with Gasteiger partial charge in [0.25, 0.3) is 0 Å². The smallest absolute Gasteiger partial charge is 0.387 e. The molecule has 0 aliphatic rings. The topological polar surface area (TPSA) is 29.5 Å². The summed E-state index contributed by atoms with van der Waals surface area (Å²) in [4.78, 5) is 0. The quantitative estimate of drug-likeness (QED) is 0.914. The molecule has 5 heteroatoms. The average molecular weight is 329 g/mol. The first-order valence-electron chi connectivity index (χ1n) is 5.54. The fraction of sp³-hybridized carbons (Fsp3) is 0.143. The third-order valence-corrected chi connectivity index (χ3v) is 3.06. The Morgan fingerprint density at radius 2 is 1.63 bits per heavy atom. The Morgan fingerprint density at radius 3 is 2.26 bits per heavy atom. The first kappa shape index (κ1) is 14.0. The van der Waals surface area contributed by atoms with Crippen LogP contribution in [-0.4, -0.2) is 11.7 Å². The maximum Gasteiger partial charge on any atom is 0.387 e. The Bertz CT molecular complexity index is 561. The fourth-order valence-electron chi connectivity index (χ4n) is 1.73. The second kappa shape index (κ2) is 6.12. The van der Waals surface area contributed by atoms with Gasteiger partial charge < -0.3 is 9.84 Å². The maximum atomic E-state index is 12.1. The summed E-state index contributed by atoms with van der Waals surface area (Å²) in [6.07, 6.45) is -0.890. The lowest BCUT2D eigenvalue weighted by atomic mass is 10.0. The van der Waals surface area contributed by atoms with Crippen LogP contribution in [0.5, 0.6) is 5.75 Å². The third-order valence-electron chi connectivity index (χ3n) is 2.56. The van der Waals surface area contributed by atoms with E-state index < -0.39 is 12.7 Å². The average Bonchev–Trinajstić information content (AvgIpc) is 2.37. The van der Waals surface area contributed by atoms with E-state index in [1.54, 1.807) is 30.3 Å². The second-order valence-corrected chi connectivity index (χ2v) is 4.82. The second-order valence-electron chi connectivity index (χ2n) is 3.91. The number of rotatable bonds is 4. The fourth-order valence-corrected chi connectivity index (χ4v) is 2.15. The highest BCUT2D eigenvalue weighted by Crippen LogP contribution is 2.27. The molecule has 2 aromatic carbocycles. The molecular weight excluding hydrogens is 318 g/mol. The first-order valence-corrected chi connectivity index (χ1v) is 6.34. The summed E-state index contributed by atoms with van der Waals surface area (Å²) in [7, 11) is 0. The predicted molar refractivity (Wildman–Crippen MR) is 71.3 cm³/mol. The van der Waals surface area contributed by atoms with Gasteiger partial charge in [0.2, 0.25) is 0 Å². The van der Waals surface area contributed by atoms with Crippen molar-refractivity contribution < 1.29 is 18.6 Å². The molecule has 0 saturated carbocycles. The molecule has 2 rings (SSSR count). The van der Waals surface area contributed by atoms with Gasteiger partial charge in [-0.3, -0.25) is 0 Å². The first-order chi connectivity index (χ1) is 9.06. The Hall–Kier alpha value is -1.46. The van der Waals surface area contributed by atoms with E-state index in [0.717, 1.165) is 4.47 Å². The molecule has 0 spiro atoms. The lowest BCUT2D eigenvalue weighted by Gasteiger charge is -2.13. The lowest BCUT2D eigenvalue weighted by Crippen LogP contribution is -2.04. The number of alkyl halides is 2. The summed E-state index contributed by atoms with van der Waals surface area (Å²) in [5, 5.41) is 10.2. The van der Waals surface area contributed by atoms with Crippen molar-refractivity contribution in [3.05, 3.63) is 64.1 Å². The van der Waals surface area contributed by atoms with E-state index in [1.165, 1.54) is 12.1 Å². The molecule has 1 atom stereocenters. The van der Waals surface area contributed by atoms with Crippen LogP contribution >= 0.6 is 15.9 Å². The van der Waals surface area contributed by atoms with Crippen LogP contribution in [0.25, 0.3) is 0 Å². The summed E-state index contributed by atoms with van der Waals surface area (Å²) < 4.78 is 29.4. The molecule has 0 heterocycles. The molecule has 1 unspecified atom stereocenters. The largest absolute Gasteiger partial charge is 0.435 e. The molecule has 0 aliphatic heterocycles. The van der Waals surface area contributed by atoms with Crippen molar-refractivity contribution in [2.75, 3.05) is 0 Å². The molecule has 0 aromatic heterocycles. The lowest BCUT2D eigenvalue weighted by molar-refractivity contribution is -0.0499. The molecule has 0 aliphatic carbocycles. The molecule has 1 N–H and O–H groups in total. The number of halogens is 3. The van der Waals surface area contributed by atoms with Crippen molar-refractivity contribution >= 4 is 15.9 Å². The van der Waals surface area contributed by atoms with Crippen LogP contribution in [0.3, 0.4) is 0 Å². The van der Waals surface area contributed by atoms with Gasteiger partial charge in [0, 0.05) is 4.47 Å². The van der Waals surface area contributed by atoms with E-state index in [0.29, 0.717) is 11.1 Å². The van der Waals surface area contributed by atoms with Gasteiger partial charge in [0.05, 0.1) is 0 Å². The van der Waals surface area contributed by atoms with E-state index >= 15 is 0 Å². The van der Waals surface area contributed by atoms with Crippen LogP contribution in [0, 0.1) is 0 Å². The van der Waals surface area contributed by atoms with Gasteiger partial charge >= 0.3 is 6.61 Å². The summed E-state index contributed by atoms with van der Waals surface area (Å²) in [5.74, 6) is 0.0292. The van der Waals surface area contributed by atoms with Gasteiger partial charge in [-0.1, -0.05) is 40.2 Å². The zero-order chi connectivity index (χ0) is 13.8. The van der Waals surface area contributed by atoms with Crippen molar-refractivity contribution in [1.29, 1.82) is 0 Å². The van der Waals surface area contributed by atoms with Crippen LogP contribution in [0.15, 0.2) is 53.0 Å². The van der Waals surface area contributed by atoms with Crippen molar-refractivity contribution in [3.8, 4) is 5.75 Å². The zero-order valence-electron chi connectivity index (χ0n) is 9.76. The van der Waals surface area contributed by atoms with Crippen LogP contribution in [-0.2, 0) is 0 Å². The summed E-state index contributed by atoms with van der Waals surface area (Å²) in [5.41, 5.74) is 1.17. The summed E-state index contributed by atoms with van der Waals surface area (Å²) in [6, 6.07) is 13.2. The predicted octanol–water partition coefficient (Wildman–Crippen LogP) is 4.13. The highest BCUT2D eigenvalue weighted by atomic mass is 79.9. The Balaban J connectivity index is 2.26. The maximum absolute atomic E-state index is 12.1. The van der Waals surface area contributed by atoms with E-state index in [9.17, 15) is 13.9 Å². The molecule has 19 heavy (non-hydrogen) atoms. The molecule has 100 valence electrons. The van der Waals surface area contributed by atoms with Crippen molar-refractivity contribution in [2.24, 2.45) is 0 Å². The number of hydrogen-bond donors (Lipinski definition) is 1. The number of benzene rings is 2. The van der Waals surface area contributed by atoms with Crippen molar-refractivity contribution in [3.63, 3.8) is 0 Å². The van der Waals surface area contributed by atoms with Gasteiger partial charge in [-0.05, 0) is 35.4 Å². The number of ether oxygens (including phenoxy) is 1. The highest BCUT2D eigenvalue weighted by molar-refractivity contribution is 9.10. The third kappa shape index (κ3) is 3.75. The highest BCUT2D eigenvalue weighted by Gasteiger charge is 2.12. The van der Waals surface area contributed by atoms with E-state index in [-0.39, 0.29) is 5.75 Å². The van der Waals surface area contributed by atoms with Crippen LogP contribution < -0.4 is 4.74 Å². The van der Waals surface area contributed by atoms with Crippen molar-refractivity contribution in [2.45, 2.75) is 12.7 Å². The van der Waals surface area contributed by atoms with Gasteiger partial charge in [-0.25, -0.2) is 0 Å². The van der Waals surface area contributed by atoms with Gasteiger partial charge in [0.15, 0.2) is 0 Å². The van der Waals surface area contributed by atoms with Gasteiger partial charge in [-0.2, -0.15) is 8.78 Å². The monoisotopic (exact) mass is 328 g/mol. The Morgan fingerprint density at radius 1 is 1.00 bits per heavy atom. The molecule has 0 saturated heterocycles. The minimum atomic E-state index is -2.88. The van der Waals surface area contributed by atoms with Gasteiger partial charge in [0.1, 0.15) is 11.9 Å². The number of hydrogen-bond acceptors (Lipinski definition) is 2. The van der Waals surface area contributed by atoms with Crippen LogP contribution in [0.4, 0.5) is 8.78 Å².